The molecular weight excluding hydrogens is 238 g/mol. The highest BCUT2D eigenvalue weighted by Gasteiger charge is 2.09. The number of benzene rings is 1. The Morgan fingerprint density at radius 1 is 1.41 bits per heavy atom. The lowest BCUT2D eigenvalue weighted by molar-refractivity contribution is 0.0936. The summed E-state index contributed by atoms with van der Waals surface area (Å²) in [6.45, 7) is 2.09. The maximum atomic E-state index is 11.8. The van der Waals surface area contributed by atoms with Gasteiger partial charge in [-0.25, -0.2) is 0 Å². The van der Waals surface area contributed by atoms with Crippen LogP contribution in [0.25, 0.3) is 0 Å². The number of aliphatic hydroxyl groups excluding tert-OH is 1. The molecule has 0 saturated heterocycles. The Labute approximate surface area is 107 Å². The fourth-order valence-corrected chi connectivity index (χ4v) is 1.70. The molecule has 0 spiro atoms. The zero-order chi connectivity index (χ0) is 12.7. The van der Waals surface area contributed by atoms with E-state index in [1.807, 2.05) is 19.1 Å². The first-order valence-electron chi connectivity index (χ1n) is 5.74. The third-order valence-corrected chi connectivity index (χ3v) is 2.85. The fourth-order valence-electron chi connectivity index (χ4n) is 1.52. The molecule has 2 N–H and O–H groups in total. The van der Waals surface area contributed by atoms with Gasteiger partial charge in [0.2, 0.25) is 0 Å². The van der Waals surface area contributed by atoms with Crippen LogP contribution in [0.1, 0.15) is 35.7 Å². The molecule has 0 aromatic heterocycles. The molecular formula is C13H18ClNO2. The topological polar surface area (TPSA) is 49.3 Å². The van der Waals surface area contributed by atoms with Gasteiger partial charge < -0.3 is 10.4 Å². The van der Waals surface area contributed by atoms with Gasteiger partial charge in [-0.3, -0.25) is 4.79 Å². The quantitative estimate of drug-likeness (QED) is 0.767. The molecule has 0 heterocycles. The normalized spacial score (nSPS) is 12.2. The predicted octanol–water partition coefficient (Wildman–Crippen LogP) is 2.32. The van der Waals surface area contributed by atoms with Crippen molar-refractivity contribution in [2.75, 3.05) is 6.61 Å². The van der Waals surface area contributed by atoms with Gasteiger partial charge >= 0.3 is 0 Å². The summed E-state index contributed by atoms with van der Waals surface area (Å²) in [4.78, 5) is 11.8. The largest absolute Gasteiger partial charge is 0.396 e. The molecule has 1 atom stereocenters. The second-order valence-corrected chi connectivity index (χ2v) is 4.34. The van der Waals surface area contributed by atoms with Crippen molar-refractivity contribution in [1.29, 1.82) is 0 Å². The molecule has 0 bridgehead atoms. The van der Waals surface area contributed by atoms with Crippen molar-refractivity contribution in [3.8, 4) is 0 Å². The van der Waals surface area contributed by atoms with E-state index in [1.165, 1.54) is 0 Å². The molecule has 1 rings (SSSR count). The fraction of sp³-hybridized carbons (Fsp3) is 0.462. The highest BCUT2D eigenvalue weighted by Crippen LogP contribution is 2.07. The zero-order valence-electron chi connectivity index (χ0n) is 9.95. The van der Waals surface area contributed by atoms with Gasteiger partial charge in [-0.05, 0) is 37.5 Å². The van der Waals surface area contributed by atoms with Gasteiger partial charge in [0.25, 0.3) is 5.91 Å². The van der Waals surface area contributed by atoms with Gasteiger partial charge in [-0.15, -0.1) is 11.6 Å². The Hall–Kier alpha value is -1.06. The number of rotatable bonds is 6. The molecule has 17 heavy (non-hydrogen) atoms. The van der Waals surface area contributed by atoms with Crippen molar-refractivity contribution in [3.05, 3.63) is 35.4 Å². The van der Waals surface area contributed by atoms with E-state index in [0.29, 0.717) is 17.9 Å². The second kappa shape index (κ2) is 7.30. The van der Waals surface area contributed by atoms with Crippen molar-refractivity contribution >= 4 is 17.5 Å². The highest BCUT2D eigenvalue weighted by molar-refractivity contribution is 6.17. The minimum absolute atomic E-state index is 0.0716. The molecule has 0 aliphatic carbocycles. The van der Waals surface area contributed by atoms with Crippen molar-refractivity contribution in [1.82, 2.24) is 5.32 Å². The number of hydrogen-bond acceptors (Lipinski definition) is 2. The molecule has 0 saturated carbocycles. The molecule has 1 aromatic rings. The van der Waals surface area contributed by atoms with Gasteiger partial charge in [0.15, 0.2) is 0 Å². The van der Waals surface area contributed by atoms with Gasteiger partial charge in [0.05, 0.1) is 0 Å². The summed E-state index contributed by atoms with van der Waals surface area (Å²) in [5.74, 6) is 0.367. The van der Waals surface area contributed by atoms with Crippen molar-refractivity contribution in [3.63, 3.8) is 0 Å². The van der Waals surface area contributed by atoms with E-state index in [0.717, 1.165) is 12.0 Å². The van der Waals surface area contributed by atoms with Gasteiger partial charge in [-0.2, -0.15) is 0 Å². The number of aliphatic hydroxyl groups is 1. The number of nitrogens with one attached hydrogen (secondary N) is 1. The molecule has 0 aliphatic heterocycles. The Bertz CT molecular complexity index is 351. The molecule has 0 fully saturated rings. The summed E-state index contributed by atoms with van der Waals surface area (Å²) >= 11 is 5.68. The van der Waals surface area contributed by atoms with Crippen LogP contribution < -0.4 is 5.32 Å². The summed E-state index contributed by atoms with van der Waals surface area (Å²) in [6.07, 6.45) is 1.48. The average molecular weight is 256 g/mol. The molecule has 1 amide bonds. The van der Waals surface area contributed by atoms with Crippen molar-refractivity contribution < 1.29 is 9.90 Å². The van der Waals surface area contributed by atoms with E-state index >= 15 is 0 Å². The maximum Gasteiger partial charge on any atom is 0.251 e. The van der Waals surface area contributed by atoms with Crippen molar-refractivity contribution in [2.24, 2.45) is 0 Å². The van der Waals surface area contributed by atoms with Crippen LogP contribution in [0.15, 0.2) is 24.3 Å². The smallest absolute Gasteiger partial charge is 0.251 e. The monoisotopic (exact) mass is 255 g/mol. The number of halogens is 1. The van der Waals surface area contributed by atoms with E-state index in [9.17, 15) is 4.79 Å². The molecule has 3 nitrogen and oxygen atoms in total. The number of hydrogen-bond donors (Lipinski definition) is 2. The van der Waals surface area contributed by atoms with Crippen LogP contribution in [0.3, 0.4) is 0 Å². The third-order valence-electron chi connectivity index (χ3n) is 2.54. The molecule has 1 aromatic carbocycles. The third kappa shape index (κ3) is 4.75. The second-order valence-electron chi connectivity index (χ2n) is 4.07. The lowest BCUT2D eigenvalue weighted by atomic mass is 10.1. The minimum Gasteiger partial charge on any atom is -0.396 e. The first-order chi connectivity index (χ1) is 8.17. The van der Waals surface area contributed by atoms with E-state index in [2.05, 4.69) is 5.32 Å². The van der Waals surface area contributed by atoms with Crippen LogP contribution in [0, 0.1) is 0 Å². The zero-order valence-corrected chi connectivity index (χ0v) is 10.7. The van der Waals surface area contributed by atoms with Crippen LogP contribution in [0.5, 0.6) is 0 Å². The predicted molar refractivity (Wildman–Crippen MR) is 69.2 cm³/mol. The Balaban J connectivity index is 2.51. The summed E-state index contributed by atoms with van der Waals surface area (Å²) in [5, 5.41) is 11.6. The first-order valence-corrected chi connectivity index (χ1v) is 6.27. The molecule has 0 aliphatic rings. The van der Waals surface area contributed by atoms with E-state index < -0.39 is 0 Å². The minimum atomic E-state index is -0.0865. The number of alkyl halides is 1. The van der Waals surface area contributed by atoms with E-state index in [1.54, 1.807) is 12.1 Å². The summed E-state index contributed by atoms with van der Waals surface area (Å²) in [7, 11) is 0. The molecule has 1 unspecified atom stereocenters. The molecule has 94 valence electrons. The van der Waals surface area contributed by atoms with E-state index in [-0.39, 0.29) is 18.6 Å². The van der Waals surface area contributed by atoms with E-state index in [4.69, 9.17) is 16.7 Å². The maximum absolute atomic E-state index is 11.8. The molecule has 4 heteroatoms. The highest BCUT2D eigenvalue weighted by atomic mass is 35.5. The Morgan fingerprint density at radius 2 is 2.06 bits per heavy atom. The average Bonchev–Trinajstić information content (AvgIpc) is 2.36. The summed E-state index contributed by atoms with van der Waals surface area (Å²) in [6, 6.07) is 7.31. The lowest BCUT2D eigenvalue weighted by Gasteiger charge is -2.13. The van der Waals surface area contributed by atoms with Crippen LogP contribution in [0.2, 0.25) is 0 Å². The van der Waals surface area contributed by atoms with Gasteiger partial charge in [-0.1, -0.05) is 12.1 Å². The molecule has 0 radical (unpaired) electrons. The standard InChI is InChI=1S/C13H18ClNO2/c1-10(3-2-8-16)15-13(17)12-6-4-11(9-14)5-7-12/h4-7,10,16H,2-3,8-9H2,1H3,(H,15,17). The number of amides is 1. The Morgan fingerprint density at radius 3 is 2.59 bits per heavy atom. The van der Waals surface area contributed by atoms with Gasteiger partial charge in [0, 0.05) is 24.1 Å². The summed E-state index contributed by atoms with van der Waals surface area (Å²) in [5.41, 5.74) is 1.63. The first kappa shape index (κ1) is 14.0. The van der Waals surface area contributed by atoms with Crippen LogP contribution in [0.4, 0.5) is 0 Å². The SMILES string of the molecule is CC(CCCO)NC(=O)c1ccc(CCl)cc1. The number of carbonyl (C=O) groups excluding carboxylic acids is 1. The van der Waals surface area contributed by atoms with Crippen molar-refractivity contribution in [2.45, 2.75) is 31.7 Å². The van der Waals surface area contributed by atoms with Gasteiger partial charge in [0.1, 0.15) is 0 Å². The lowest BCUT2D eigenvalue weighted by Crippen LogP contribution is -2.32. The van der Waals surface area contributed by atoms with Crippen LogP contribution >= 0.6 is 11.6 Å². The summed E-state index contributed by atoms with van der Waals surface area (Å²) < 4.78 is 0. The van der Waals surface area contributed by atoms with Crippen LogP contribution in [-0.4, -0.2) is 23.7 Å². The van der Waals surface area contributed by atoms with Crippen LogP contribution in [-0.2, 0) is 5.88 Å². The Kier molecular flexibility index (Phi) is 6.01. The number of carbonyl (C=O) groups is 1.